The minimum atomic E-state index is -0.140. The van der Waals surface area contributed by atoms with Crippen molar-refractivity contribution in [2.75, 3.05) is 0 Å². The fourth-order valence-electron chi connectivity index (χ4n) is 2.60. The summed E-state index contributed by atoms with van der Waals surface area (Å²) in [6, 6.07) is 9.38. The minimum Gasteiger partial charge on any atom is -0.453 e. The summed E-state index contributed by atoms with van der Waals surface area (Å²) in [5.74, 6) is 0.217. The van der Waals surface area contributed by atoms with Crippen LogP contribution in [0.2, 0.25) is 0 Å². The highest BCUT2D eigenvalue weighted by Crippen LogP contribution is 2.20. The van der Waals surface area contributed by atoms with Gasteiger partial charge in [-0.05, 0) is 45.1 Å². The average molecular weight is 294 g/mol. The van der Waals surface area contributed by atoms with E-state index in [1.165, 1.54) is 0 Å². The van der Waals surface area contributed by atoms with Crippen LogP contribution in [-0.2, 0) is 6.54 Å². The normalized spacial score (nSPS) is 11.6. The molecule has 0 aliphatic carbocycles. The third-order valence-corrected chi connectivity index (χ3v) is 3.81. The van der Waals surface area contributed by atoms with Crippen LogP contribution in [0.25, 0.3) is 17.0 Å². The predicted octanol–water partition coefficient (Wildman–Crippen LogP) is 4.16. The summed E-state index contributed by atoms with van der Waals surface area (Å²) in [6.45, 7) is 6.82. The van der Waals surface area contributed by atoms with Crippen LogP contribution >= 0.6 is 0 Å². The molecule has 0 radical (unpaired) electrons. The van der Waals surface area contributed by atoms with Gasteiger partial charge in [-0.25, -0.2) is 0 Å². The minimum absolute atomic E-state index is 0.140. The monoisotopic (exact) mass is 294 g/mol. The first-order valence-corrected chi connectivity index (χ1v) is 7.35. The molecule has 3 aromatic rings. The summed E-state index contributed by atoms with van der Waals surface area (Å²) in [7, 11) is 0. The molecule has 1 aromatic carbocycles. The summed E-state index contributed by atoms with van der Waals surface area (Å²) in [6.07, 6.45) is 3.37. The van der Waals surface area contributed by atoms with Gasteiger partial charge in [0.2, 0.25) is 5.78 Å². The molecule has 112 valence electrons. The zero-order valence-electron chi connectivity index (χ0n) is 13.0. The van der Waals surface area contributed by atoms with E-state index < -0.39 is 0 Å². The van der Waals surface area contributed by atoms with E-state index in [0.717, 1.165) is 34.5 Å². The Bertz CT molecular complexity index is 835. The Hall–Kier alpha value is -2.62. The smallest absolute Gasteiger partial charge is 0.221 e. The van der Waals surface area contributed by atoms with Crippen molar-refractivity contribution in [1.29, 1.82) is 0 Å². The third-order valence-electron chi connectivity index (χ3n) is 3.81. The van der Waals surface area contributed by atoms with E-state index in [1.807, 2.05) is 55.8 Å². The molecular formula is C18H18N2O2. The van der Waals surface area contributed by atoms with Crippen molar-refractivity contribution >= 4 is 22.8 Å². The fraction of sp³-hybridized carbons (Fsp3) is 0.222. The number of allylic oxidation sites excluding steroid dienone is 1. The highest BCUT2D eigenvalue weighted by atomic mass is 16.3. The summed E-state index contributed by atoms with van der Waals surface area (Å²) in [4.78, 5) is 12.3. The molecule has 0 bridgehead atoms. The highest BCUT2D eigenvalue weighted by molar-refractivity contribution is 6.07. The van der Waals surface area contributed by atoms with Gasteiger partial charge in [-0.3, -0.25) is 9.48 Å². The van der Waals surface area contributed by atoms with Gasteiger partial charge in [-0.15, -0.1) is 0 Å². The quantitative estimate of drug-likeness (QED) is 0.536. The molecule has 2 aromatic heterocycles. The molecule has 0 aliphatic heterocycles. The molecule has 0 saturated carbocycles. The second-order valence-electron chi connectivity index (χ2n) is 5.25. The lowest BCUT2D eigenvalue weighted by Gasteiger charge is -1.98. The first kappa shape index (κ1) is 14.3. The zero-order valence-corrected chi connectivity index (χ0v) is 13.0. The van der Waals surface area contributed by atoms with Crippen molar-refractivity contribution in [3.63, 3.8) is 0 Å². The predicted molar refractivity (Wildman–Crippen MR) is 87.0 cm³/mol. The number of carbonyl (C=O) groups excluding carboxylic acids is 1. The van der Waals surface area contributed by atoms with Crippen LogP contribution in [0.3, 0.4) is 0 Å². The van der Waals surface area contributed by atoms with E-state index in [2.05, 4.69) is 5.10 Å². The van der Waals surface area contributed by atoms with Crippen LogP contribution in [0.5, 0.6) is 0 Å². The fourth-order valence-corrected chi connectivity index (χ4v) is 2.60. The van der Waals surface area contributed by atoms with Crippen LogP contribution in [-0.4, -0.2) is 15.6 Å². The lowest BCUT2D eigenvalue weighted by Crippen LogP contribution is -1.98. The highest BCUT2D eigenvalue weighted by Gasteiger charge is 2.11. The Morgan fingerprint density at radius 1 is 1.32 bits per heavy atom. The van der Waals surface area contributed by atoms with Crippen LogP contribution in [0.4, 0.5) is 0 Å². The van der Waals surface area contributed by atoms with Gasteiger partial charge in [0, 0.05) is 23.2 Å². The largest absolute Gasteiger partial charge is 0.453 e. The van der Waals surface area contributed by atoms with Crippen molar-refractivity contribution in [3.05, 3.63) is 59.1 Å². The molecule has 0 N–H and O–H groups in total. The van der Waals surface area contributed by atoms with Gasteiger partial charge in [0.05, 0.1) is 5.69 Å². The molecule has 0 aliphatic rings. The van der Waals surface area contributed by atoms with Gasteiger partial charge in [0.15, 0.2) is 5.76 Å². The standard InChI is InChI=1S/C18H18N2O2/c1-4-20-13(3)15(12(2)19-20)9-10-16(21)18-11-14-7-5-6-8-17(14)22-18/h5-11H,4H2,1-3H3/b10-9+. The molecule has 22 heavy (non-hydrogen) atoms. The van der Waals surface area contributed by atoms with Crippen molar-refractivity contribution in [2.45, 2.75) is 27.3 Å². The van der Waals surface area contributed by atoms with E-state index in [1.54, 1.807) is 12.1 Å². The van der Waals surface area contributed by atoms with E-state index >= 15 is 0 Å². The number of hydrogen-bond donors (Lipinski definition) is 0. The molecular weight excluding hydrogens is 276 g/mol. The van der Waals surface area contributed by atoms with E-state index in [0.29, 0.717) is 5.76 Å². The van der Waals surface area contributed by atoms with Crippen LogP contribution in [0.15, 0.2) is 40.8 Å². The number of aromatic nitrogens is 2. The van der Waals surface area contributed by atoms with Crippen molar-refractivity contribution in [3.8, 4) is 0 Å². The second kappa shape index (κ2) is 5.64. The molecule has 0 spiro atoms. The Labute approximate surface area is 129 Å². The second-order valence-corrected chi connectivity index (χ2v) is 5.25. The number of rotatable bonds is 4. The first-order valence-electron chi connectivity index (χ1n) is 7.35. The number of fused-ring (bicyclic) bond motifs is 1. The van der Waals surface area contributed by atoms with Gasteiger partial charge in [-0.2, -0.15) is 5.10 Å². The third kappa shape index (κ3) is 2.48. The molecule has 4 nitrogen and oxygen atoms in total. The Morgan fingerprint density at radius 2 is 2.09 bits per heavy atom. The molecule has 0 fully saturated rings. The number of hydrogen-bond acceptors (Lipinski definition) is 3. The average Bonchev–Trinajstić information content (AvgIpc) is 3.06. The van der Waals surface area contributed by atoms with Crippen molar-refractivity contribution in [2.24, 2.45) is 0 Å². The maximum absolute atomic E-state index is 12.3. The zero-order chi connectivity index (χ0) is 15.7. The number of benzene rings is 1. The maximum atomic E-state index is 12.3. The van der Waals surface area contributed by atoms with Gasteiger partial charge < -0.3 is 4.42 Å². The molecule has 0 atom stereocenters. The molecule has 0 saturated heterocycles. The van der Waals surface area contributed by atoms with Crippen LogP contribution < -0.4 is 0 Å². The van der Waals surface area contributed by atoms with Crippen molar-refractivity contribution < 1.29 is 9.21 Å². The molecule has 3 rings (SSSR count). The molecule has 2 heterocycles. The lowest BCUT2D eigenvalue weighted by atomic mass is 10.1. The number of aryl methyl sites for hydroxylation is 2. The lowest BCUT2D eigenvalue weighted by molar-refractivity contribution is 0.102. The van der Waals surface area contributed by atoms with Gasteiger partial charge >= 0.3 is 0 Å². The van der Waals surface area contributed by atoms with E-state index in [-0.39, 0.29) is 5.78 Å². The SMILES string of the molecule is CCn1nc(C)c(/C=C/C(=O)c2cc3ccccc3o2)c1C. The summed E-state index contributed by atoms with van der Waals surface area (Å²) in [5, 5.41) is 5.38. The molecule has 4 heteroatoms. The number of ketones is 1. The first-order chi connectivity index (χ1) is 10.6. The van der Waals surface area contributed by atoms with E-state index in [4.69, 9.17) is 4.42 Å². The molecule has 0 unspecified atom stereocenters. The van der Waals surface area contributed by atoms with E-state index in [9.17, 15) is 4.79 Å². The topological polar surface area (TPSA) is 48.0 Å². The van der Waals surface area contributed by atoms with Gasteiger partial charge in [-0.1, -0.05) is 18.2 Å². The molecule has 0 amide bonds. The van der Waals surface area contributed by atoms with Gasteiger partial charge in [0.25, 0.3) is 0 Å². The number of furan rings is 1. The summed E-state index contributed by atoms with van der Waals surface area (Å²) in [5.41, 5.74) is 3.71. The Morgan fingerprint density at radius 3 is 2.77 bits per heavy atom. The Kier molecular flexibility index (Phi) is 3.67. The maximum Gasteiger partial charge on any atom is 0.221 e. The van der Waals surface area contributed by atoms with Crippen molar-refractivity contribution in [1.82, 2.24) is 9.78 Å². The van der Waals surface area contributed by atoms with Crippen LogP contribution in [0.1, 0.15) is 34.4 Å². The Balaban J connectivity index is 1.89. The van der Waals surface area contributed by atoms with Gasteiger partial charge in [0.1, 0.15) is 5.58 Å². The number of nitrogens with zero attached hydrogens (tertiary/aromatic N) is 2. The van der Waals surface area contributed by atoms with Crippen LogP contribution in [0, 0.1) is 13.8 Å². The number of carbonyl (C=O) groups is 1. The summed E-state index contributed by atoms with van der Waals surface area (Å²) >= 11 is 0. The summed E-state index contributed by atoms with van der Waals surface area (Å²) < 4.78 is 7.51. The number of para-hydroxylation sites is 1.